The maximum absolute atomic E-state index is 14.2. The number of halogens is 2. The summed E-state index contributed by atoms with van der Waals surface area (Å²) in [7, 11) is -2.79. The summed E-state index contributed by atoms with van der Waals surface area (Å²) in [5.74, 6) is -1.52. The number of hydrogen-bond donors (Lipinski definition) is 1. The van der Waals surface area contributed by atoms with E-state index in [1.165, 1.54) is 60.5 Å². The lowest BCUT2D eigenvalue weighted by molar-refractivity contribution is -0.139. The van der Waals surface area contributed by atoms with Crippen LogP contribution in [0.25, 0.3) is 0 Å². The summed E-state index contributed by atoms with van der Waals surface area (Å²) >= 11 is 6.46. The fourth-order valence-electron chi connectivity index (χ4n) is 4.51. The van der Waals surface area contributed by atoms with Crippen molar-refractivity contribution in [1.29, 1.82) is 0 Å². The van der Waals surface area contributed by atoms with Gasteiger partial charge < -0.3 is 10.2 Å². The fourth-order valence-corrected chi connectivity index (χ4v) is 6.23. The van der Waals surface area contributed by atoms with Gasteiger partial charge in [-0.1, -0.05) is 83.9 Å². The number of hydrogen-bond acceptors (Lipinski definition) is 4. The second-order valence-electron chi connectivity index (χ2n) is 9.74. The van der Waals surface area contributed by atoms with E-state index in [4.69, 9.17) is 11.6 Å². The first-order chi connectivity index (χ1) is 20.1. The molecule has 218 valence electrons. The molecule has 0 aliphatic rings. The molecule has 0 aliphatic carbocycles. The lowest BCUT2D eigenvalue weighted by Gasteiger charge is -2.33. The third kappa shape index (κ3) is 7.35. The van der Waals surface area contributed by atoms with E-state index in [-0.39, 0.29) is 28.6 Å². The Morgan fingerprint density at radius 1 is 0.857 bits per heavy atom. The van der Waals surface area contributed by atoms with Crippen LogP contribution >= 0.6 is 11.6 Å². The van der Waals surface area contributed by atoms with E-state index < -0.39 is 40.2 Å². The first-order valence-electron chi connectivity index (χ1n) is 13.2. The molecule has 42 heavy (non-hydrogen) atoms. The Labute approximate surface area is 250 Å². The molecule has 0 saturated heterocycles. The minimum Gasteiger partial charge on any atom is -0.357 e. The Balaban J connectivity index is 1.79. The number of carbonyl (C=O) groups excluding carboxylic acids is 2. The Kier molecular flexibility index (Phi) is 9.98. The smallest absolute Gasteiger partial charge is 0.264 e. The van der Waals surface area contributed by atoms with Crippen LogP contribution in [0.1, 0.15) is 16.7 Å². The number of likely N-dealkylation sites (N-methyl/N-ethyl adjacent to an activating group) is 1. The number of para-hydroxylation sites is 1. The number of sulfonamides is 1. The second kappa shape index (κ2) is 13.6. The summed E-state index contributed by atoms with van der Waals surface area (Å²) in [5.41, 5.74) is 2.36. The van der Waals surface area contributed by atoms with Crippen molar-refractivity contribution in [3.63, 3.8) is 0 Å². The maximum Gasteiger partial charge on any atom is 0.264 e. The monoisotopic (exact) mass is 607 g/mol. The van der Waals surface area contributed by atoms with Crippen LogP contribution in [0, 0.1) is 12.7 Å². The van der Waals surface area contributed by atoms with Crippen molar-refractivity contribution in [2.75, 3.05) is 17.9 Å². The van der Waals surface area contributed by atoms with Gasteiger partial charge in [-0.05, 0) is 54.4 Å². The quantitative estimate of drug-likeness (QED) is 0.248. The molecule has 0 aliphatic heterocycles. The highest BCUT2D eigenvalue weighted by atomic mass is 35.5. The van der Waals surface area contributed by atoms with Crippen molar-refractivity contribution in [3.8, 4) is 0 Å². The Bertz CT molecular complexity index is 1630. The summed E-state index contributed by atoms with van der Waals surface area (Å²) in [6.07, 6.45) is 0.171. The van der Waals surface area contributed by atoms with Crippen molar-refractivity contribution in [2.24, 2.45) is 0 Å². The van der Waals surface area contributed by atoms with Crippen LogP contribution in [0.15, 0.2) is 108 Å². The molecule has 0 saturated carbocycles. The van der Waals surface area contributed by atoms with Gasteiger partial charge in [0.15, 0.2) is 0 Å². The van der Waals surface area contributed by atoms with Crippen LogP contribution in [0.5, 0.6) is 0 Å². The average Bonchev–Trinajstić information content (AvgIpc) is 2.99. The van der Waals surface area contributed by atoms with Crippen molar-refractivity contribution >= 4 is 39.1 Å². The SMILES string of the molecule is CNC(=O)C(Cc1ccccc1)N(Cc1ccc(F)cc1)C(=O)CN(c1ccccc1Cl)S(=O)(=O)c1ccc(C)cc1. The Morgan fingerprint density at radius 2 is 1.48 bits per heavy atom. The topological polar surface area (TPSA) is 86.8 Å². The molecule has 2 amide bonds. The van der Waals surface area contributed by atoms with Crippen LogP contribution < -0.4 is 9.62 Å². The van der Waals surface area contributed by atoms with E-state index in [1.807, 2.05) is 37.3 Å². The largest absolute Gasteiger partial charge is 0.357 e. The van der Waals surface area contributed by atoms with Crippen LogP contribution in [0.4, 0.5) is 10.1 Å². The molecular formula is C32H31ClFN3O4S. The fraction of sp³-hybridized carbons (Fsp3) is 0.188. The number of nitrogens with zero attached hydrogens (tertiary/aromatic N) is 2. The normalized spacial score (nSPS) is 11.9. The van der Waals surface area contributed by atoms with Gasteiger partial charge in [0.05, 0.1) is 15.6 Å². The molecular weight excluding hydrogens is 577 g/mol. The predicted molar refractivity (Wildman–Crippen MR) is 162 cm³/mol. The number of rotatable bonds is 11. The van der Waals surface area contributed by atoms with Gasteiger partial charge >= 0.3 is 0 Å². The standard InChI is InChI=1S/C32H31ClFN3O4S/c1-23-12-18-27(19-13-23)42(40,41)37(29-11-7-6-10-28(29)33)22-31(38)36(21-25-14-16-26(34)17-15-25)30(32(39)35-2)20-24-8-4-3-5-9-24/h3-19,30H,20-22H2,1-2H3,(H,35,39). The summed E-state index contributed by atoms with van der Waals surface area (Å²) in [6.45, 7) is 1.14. The number of amides is 2. The highest BCUT2D eigenvalue weighted by molar-refractivity contribution is 7.92. The molecule has 1 N–H and O–H groups in total. The molecule has 0 radical (unpaired) electrons. The van der Waals surface area contributed by atoms with Gasteiger partial charge in [0.1, 0.15) is 18.4 Å². The van der Waals surface area contributed by atoms with Crippen molar-refractivity contribution < 1.29 is 22.4 Å². The summed E-state index contributed by atoms with van der Waals surface area (Å²) < 4.78 is 42.6. The van der Waals surface area contributed by atoms with E-state index in [9.17, 15) is 22.4 Å². The van der Waals surface area contributed by atoms with Gasteiger partial charge in [-0.15, -0.1) is 0 Å². The predicted octanol–water partition coefficient (Wildman–Crippen LogP) is 5.37. The Hall–Kier alpha value is -4.21. The van der Waals surface area contributed by atoms with Gasteiger partial charge in [-0.3, -0.25) is 13.9 Å². The molecule has 4 aromatic carbocycles. The molecule has 1 atom stereocenters. The highest BCUT2D eigenvalue weighted by Crippen LogP contribution is 2.31. The summed E-state index contributed by atoms with van der Waals surface area (Å²) in [6, 6.07) is 26.4. The van der Waals surface area contributed by atoms with Gasteiger partial charge in [0.2, 0.25) is 11.8 Å². The number of nitrogens with one attached hydrogen (secondary N) is 1. The van der Waals surface area contributed by atoms with Crippen LogP contribution in [0.2, 0.25) is 5.02 Å². The number of aryl methyl sites for hydroxylation is 1. The molecule has 0 aromatic heterocycles. The van der Waals surface area contributed by atoms with Crippen molar-refractivity contribution in [2.45, 2.75) is 30.8 Å². The molecule has 4 rings (SSSR count). The third-order valence-corrected chi connectivity index (χ3v) is 8.89. The average molecular weight is 608 g/mol. The molecule has 0 bridgehead atoms. The lowest BCUT2D eigenvalue weighted by Crippen LogP contribution is -2.53. The van der Waals surface area contributed by atoms with Gasteiger partial charge in [0.25, 0.3) is 10.0 Å². The first-order valence-corrected chi connectivity index (χ1v) is 15.1. The zero-order valence-electron chi connectivity index (χ0n) is 23.2. The minimum absolute atomic E-state index is 0.0157. The Morgan fingerprint density at radius 3 is 2.10 bits per heavy atom. The van der Waals surface area contributed by atoms with E-state index in [0.29, 0.717) is 5.56 Å². The molecule has 0 heterocycles. The van der Waals surface area contributed by atoms with E-state index in [0.717, 1.165) is 15.4 Å². The van der Waals surface area contributed by atoms with Gasteiger partial charge in [-0.2, -0.15) is 0 Å². The first kappa shape index (κ1) is 30.7. The summed E-state index contributed by atoms with van der Waals surface area (Å²) in [5, 5.41) is 2.76. The van der Waals surface area contributed by atoms with E-state index in [2.05, 4.69) is 5.32 Å². The molecule has 4 aromatic rings. The van der Waals surface area contributed by atoms with Crippen LogP contribution in [0.3, 0.4) is 0 Å². The number of benzene rings is 4. The van der Waals surface area contributed by atoms with Crippen LogP contribution in [-0.4, -0.2) is 44.8 Å². The highest BCUT2D eigenvalue weighted by Gasteiger charge is 2.35. The molecule has 1 unspecified atom stereocenters. The van der Waals surface area contributed by atoms with Crippen LogP contribution in [-0.2, 0) is 32.6 Å². The van der Waals surface area contributed by atoms with E-state index in [1.54, 1.807) is 24.3 Å². The molecule has 7 nitrogen and oxygen atoms in total. The van der Waals surface area contributed by atoms with Gasteiger partial charge in [-0.25, -0.2) is 12.8 Å². The van der Waals surface area contributed by atoms with Gasteiger partial charge in [0, 0.05) is 20.0 Å². The molecule has 0 fully saturated rings. The van der Waals surface area contributed by atoms with E-state index >= 15 is 0 Å². The third-order valence-electron chi connectivity index (χ3n) is 6.79. The molecule has 10 heteroatoms. The zero-order chi connectivity index (χ0) is 30.3. The zero-order valence-corrected chi connectivity index (χ0v) is 24.8. The van der Waals surface area contributed by atoms with Crippen molar-refractivity contribution in [3.05, 3.63) is 131 Å². The number of anilines is 1. The maximum atomic E-state index is 14.2. The lowest BCUT2D eigenvalue weighted by atomic mass is 10.0. The van der Waals surface area contributed by atoms with Crippen molar-refractivity contribution in [1.82, 2.24) is 10.2 Å². The second-order valence-corrected chi connectivity index (χ2v) is 12.0. The minimum atomic E-state index is -4.26. The summed E-state index contributed by atoms with van der Waals surface area (Å²) in [4.78, 5) is 28.8. The number of carbonyl (C=O) groups is 2. The molecule has 0 spiro atoms.